The molecule has 1 fully saturated rings. The molecule has 0 aliphatic carbocycles. The summed E-state index contributed by atoms with van der Waals surface area (Å²) in [4.78, 5) is 10.8. The maximum absolute atomic E-state index is 5.87. The van der Waals surface area contributed by atoms with Crippen molar-refractivity contribution in [3.05, 3.63) is 6.33 Å². The Labute approximate surface area is 120 Å². The van der Waals surface area contributed by atoms with Crippen LogP contribution in [-0.2, 0) is 4.74 Å². The van der Waals surface area contributed by atoms with Gasteiger partial charge in [-0.05, 0) is 19.3 Å². The van der Waals surface area contributed by atoms with Gasteiger partial charge in [0.1, 0.15) is 6.33 Å². The Balaban J connectivity index is 2.14. The Morgan fingerprint density at radius 2 is 2.30 bits per heavy atom. The van der Waals surface area contributed by atoms with E-state index in [1.165, 1.54) is 0 Å². The van der Waals surface area contributed by atoms with E-state index < -0.39 is 0 Å². The number of piperidine rings is 1. The third kappa shape index (κ3) is 3.30. The first-order valence-electron chi connectivity index (χ1n) is 7.23. The molecular formula is C14H24N4O2. The Kier molecular flexibility index (Phi) is 5.40. The summed E-state index contributed by atoms with van der Waals surface area (Å²) in [6.07, 6.45) is 5.12. The quantitative estimate of drug-likeness (QED) is 0.859. The molecule has 1 N–H and O–H groups in total. The van der Waals surface area contributed by atoms with Gasteiger partial charge >= 0.3 is 0 Å². The first-order valence-corrected chi connectivity index (χ1v) is 7.23. The zero-order valence-electron chi connectivity index (χ0n) is 12.6. The highest BCUT2D eigenvalue weighted by molar-refractivity contribution is 5.64. The number of hydrogen-bond acceptors (Lipinski definition) is 6. The molecule has 112 valence electrons. The van der Waals surface area contributed by atoms with Gasteiger partial charge in [-0.2, -0.15) is 0 Å². The number of nitrogens with one attached hydrogen (secondary N) is 1. The van der Waals surface area contributed by atoms with E-state index in [1.807, 2.05) is 7.05 Å². The van der Waals surface area contributed by atoms with Crippen LogP contribution < -0.4 is 15.0 Å². The number of hydrogen-bond donors (Lipinski definition) is 1. The van der Waals surface area contributed by atoms with Crippen molar-refractivity contribution in [3.63, 3.8) is 0 Å². The summed E-state index contributed by atoms with van der Waals surface area (Å²) in [7, 11) is 3.48. The fourth-order valence-corrected chi connectivity index (χ4v) is 2.51. The number of methoxy groups -OCH3 is 1. The summed E-state index contributed by atoms with van der Waals surface area (Å²) in [6, 6.07) is 0. The Morgan fingerprint density at radius 1 is 1.45 bits per heavy atom. The predicted octanol–water partition coefficient (Wildman–Crippen LogP) is 1.92. The van der Waals surface area contributed by atoms with Gasteiger partial charge in [-0.25, -0.2) is 9.97 Å². The normalized spacial score (nSPS) is 18.9. The molecule has 0 radical (unpaired) electrons. The standard InChI is InChI=1S/C14H24N4O2/c1-4-8-20-11-6-5-7-18(9-11)14-12(19-3)13(15-2)16-10-17-14/h10-11H,4-9H2,1-3H3,(H,15,16,17). The second kappa shape index (κ2) is 7.28. The lowest BCUT2D eigenvalue weighted by Crippen LogP contribution is -2.40. The van der Waals surface area contributed by atoms with Gasteiger partial charge < -0.3 is 19.7 Å². The second-order valence-corrected chi connectivity index (χ2v) is 4.91. The number of nitrogens with zero attached hydrogens (tertiary/aromatic N) is 3. The van der Waals surface area contributed by atoms with E-state index >= 15 is 0 Å². The molecule has 0 spiro atoms. The van der Waals surface area contributed by atoms with Crippen LogP contribution in [0.5, 0.6) is 5.75 Å². The molecule has 2 heterocycles. The molecule has 0 amide bonds. The molecule has 1 aliphatic heterocycles. The van der Waals surface area contributed by atoms with Gasteiger partial charge in [0.25, 0.3) is 0 Å². The monoisotopic (exact) mass is 280 g/mol. The molecule has 1 aliphatic rings. The van der Waals surface area contributed by atoms with E-state index in [2.05, 4.69) is 27.1 Å². The Morgan fingerprint density at radius 3 is 3.00 bits per heavy atom. The van der Waals surface area contributed by atoms with Crippen LogP contribution in [-0.4, -0.2) is 49.9 Å². The molecule has 1 atom stereocenters. The van der Waals surface area contributed by atoms with Gasteiger partial charge in [-0.3, -0.25) is 0 Å². The SMILES string of the molecule is CCCOC1CCCN(c2ncnc(NC)c2OC)C1. The molecule has 1 unspecified atom stereocenters. The van der Waals surface area contributed by atoms with Crippen molar-refractivity contribution in [2.24, 2.45) is 0 Å². The molecule has 6 heteroatoms. The zero-order valence-corrected chi connectivity index (χ0v) is 12.6. The van der Waals surface area contributed by atoms with E-state index in [1.54, 1.807) is 13.4 Å². The van der Waals surface area contributed by atoms with Gasteiger partial charge in [0.05, 0.1) is 13.2 Å². The average Bonchev–Trinajstić information content (AvgIpc) is 2.52. The largest absolute Gasteiger partial charge is 0.490 e. The Hall–Kier alpha value is -1.56. The van der Waals surface area contributed by atoms with Crippen LogP contribution in [0.3, 0.4) is 0 Å². The third-order valence-corrected chi connectivity index (χ3v) is 3.46. The molecule has 1 aromatic heterocycles. The third-order valence-electron chi connectivity index (χ3n) is 3.46. The lowest BCUT2D eigenvalue weighted by Gasteiger charge is -2.34. The first-order chi connectivity index (χ1) is 9.80. The maximum atomic E-state index is 5.87. The molecule has 20 heavy (non-hydrogen) atoms. The van der Waals surface area contributed by atoms with Gasteiger partial charge in [-0.1, -0.05) is 6.92 Å². The second-order valence-electron chi connectivity index (χ2n) is 4.91. The van der Waals surface area contributed by atoms with Gasteiger partial charge in [0.15, 0.2) is 11.6 Å². The van der Waals surface area contributed by atoms with Crippen LogP contribution in [0.1, 0.15) is 26.2 Å². The molecule has 2 rings (SSSR count). The van der Waals surface area contributed by atoms with Crippen molar-refractivity contribution in [1.82, 2.24) is 9.97 Å². The van der Waals surface area contributed by atoms with Crippen LogP contribution in [0.15, 0.2) is 6.33 Å². The zero-order chi connectivity index (χ0) is 14.4. The van der Waals surface area contributed by atoms with E-state index in [4.69, 9.17) is 9.47 Å². The van der Waals surface area contributed by atoms with Crippen LogP contribution in [0.4, 0.5) is 11.6 Å². The minimum atomic E-state index is 0.279. The molecule has 6 nitrogen and oxygen atoms in total. The lowest BCUT2D eigenvalue weighted by molar-refractivity contribution is 0.0438. The highest BCUT2D eigenvalue weighted by Crippen LogP contribution is 2.33. The van der Waals surface area contributed by atoms with E-state index in [0.717, 1.165) is 44.8 Å². The van der Waals surface area contributed by atoms with Crippen molar-refractivity contribution < 1.29 is 9.47 Å². The predicted molar refractivity (Wildman–Crippen MR) is 79.6 cm³/mol. The highest BCUT2D eigenvalue weighted by Gasteiger charge is 2.25. The average molecular weight is 280 g/mol. The van der Waals surface area contributed by atoms with Gasteiger partial charge in [0.2, 0.25) is 5.75 Å². The fourth-order valence-electron chi connectivity index (χ4n) is 2.51. The van der Waals surface area contributed by atoms with Crippen molar-refractivity contribution in [2.45, 2.75) is 32.3 Å². The fraction of sp³-hybridized carbons (Fsp3) is 0.714. The summed E-state index contributed by atoms with van der Waals surface area (Å²) in [5, 5.41) is 3.04. The molecule has 0 saturated carbocycles. The lowest BCUT2D eigenvalue weighted by atomic mass is 10.1. The van der Waals surface area contributed by atoms with Crippen LogP contribution in [0.2, 0.25) is 0 Å². The highest BCUT2D eigenvalue weighted by atomic mass is 16.5. The van der Waals surface area contributed by atoms with Crippen molar-refractivity contribution >= 4 is 11.6 Å². The minimum absolute atomic E-state index is 0.279. The summed E-state index contributed by atoms with van der Waals surface area (Å²) < 4.78 is 11.3. The number of aromatic nitrogens is 2. The molecule has 0 bridgehead atoms. The van der Waals surface area contributed by atoms with Crippen molar-refractivity contribution in [2.75, 3.05) is 44.1 Å². The smallest absolute Gasteiger partial charge is 0.204 e. The number of anilines is 2. The van der Waals surface area contributed by atoms with E-state index in [-0.39, 0.29) is 6.10 Å². The summed E-state index contributed by atoms with van der Waals surface area (Å²) in [5.74, 6) is 2.26. The molecular weight excluding hydrogens is 256 g/mol. The van der Waals surface area contributed by atoms with Crippen molar-refractivity contribution in [1.29, 1.82) is 0 Å². The van der Waals surface area contributed by atoms with E-state index in [9.17, 15) is 0 Å². The van der Waals surface area contributed by atoms with Gasteiger partial charge in [0, 0.05) is 26.7 Å². The molecule has 1 aromatic rings. The first kappa shape index (κ1) is 14.8. The molecule has 1 saturated heterocycles. The number of ether oxygens (including phenoxy) is 2. The molecule has 0 aromatic carbocycles. The maximum Gasteiger partial charge on any atom is 0.204 e. The minimum Gasteiger partial charge on any atom is -0.490 e. The van der Waals surface area contributed by atoms with Gasteiger partial charge in [-0.15, -0.1) is 0 Å². The van der Waals surface area contributed by atoms with Crippen molar-refractivity contribution in [3.8, 4) is 5.75 Å². The summed E-state index contributed by atoms with van der Waals surface area (Å²) >= 11 is 0. The van der Waals surface area contributed by atoms with E-state index in [0.29, 0.717) is 11.6 Å². The van der Waals surface area contributed by atoms with Crippen LogP contribution in [0, 0.1) is 0 Å². The summed E-state index contributed by atoms with van der Waals surface area (Å²) in [6.45, 7) is 4.79. The van der Waals surface area contributed by atoms with Crippen LogP contribution in [0.25, 0.3) is 0 Å². The summed E-state index contributed by atoms with van der Waals surface area (Å²) in [5.41, 5.74) is 0. The van der Waals surface area contributed by atoms with Crippen LogP contribution >= 0.6 is 0 Å². The Bertz CT molecular complexity index is 428. The number of rotatable bonds is 6. The topological polar surface area (TPSA) is 59.5 Å².